The summed E-state index contributed by atoms with van der Waals surface area (Å²) in [5.41, 5.74) is -3.06. The fraction of sp³-hybridized carbons (Fsp3) is 0.412. The number of carboxylic acid groups (broad SMARTS) is 1. The molecule has 1 saturated carbocycles. The highest BCUT2D eigenvalue weighted by Crippen LogP contribution is 2.41. The molecule has 2 aliphatic rings. The van der Waals surface area contributed by atoms with Crippen molar-refractivity contribution in [1.29, 1.82) is 0 Å². The van der Waals surface area contributed by atoms with E-state index in [-0.39, 0.29) is 25.6 Å². The zero-order valence-electron chi connectivity index (χ0n) is 13.5. The van der Waals surface area contributed by atoms with Crippen LogP contribution in [0.3, 0.4) is 0 Å². The highest BCUT2D eigenvalue weighted by molar-refractivity contribution is 5.94. The first-order valence-electron chi connectivity index (χ1n) is 8.22. The number of anilines is 1. The van der Waals surface area contributed by atoms with Gasteiger partial charge in [0.2, 0.25) is 5.43 Å². The van der Waals surface area contributed by atoms with Crippen molar-refractivity contribution in [3.63, 3.8) is 0 Å². The average molecular weight is 368 g/mol. The third-order valence-corrected chi connectivity index (χ3v) is 4.92. The van der Waals surface area contributed by atoms with Crippen LogP contribution in [0.4, 0.5) is 18.9 Å². The predicted octanol–water partition coefficient (Wildman–Crippen LogP) is 2.02. The minimum atomic E-state index is -1.58. The SMILES string of the molecule is O=C(O)c1cn(C2CC2)c2c(F)c(N3CCC(O)C3)c(F)c(F)c2c1=O. The Morgan fingerprint density at radius 2 is 1.81 bits per heavy atom. The molecule has 0 radical (unpaired) electrons. The number of aliphatic hydroxyl groups is 1. The van der Waals surface area contributed by atoms with Crippen LogP contribution in [-0.2, 0) is 0 Å². The maximum atomic E-state index is 15.2. The first kappa shape index (κ1) is 16.9. The third kappa shape index (κ3) is 2.38. The number of hydrogen-bond acceptors (Lipinski definition) is 4. The highest BCUT2D eigenvalue weighted by atomic mass is 19.2. The number of halogens is 3. The molecular weight excluding hydrogens is 353 g/mol. The van der Waals surface area contributed by atoms with E-state index in [4.69, 9.17) is 0 Å². The summed E-state index contributed by atoms with van der Waals surface area (Å²) in [6.07, 6.45) is 1.73. The molecule has 2 N–H and O–H groups in total. The van der Waals surface area contributed by atoms with Gasteiger partial charge in [0.25, 0.3) is 0 Å². The summed E-state index contributed by atoms with van der Waals surface area (Å²) >= 11 is 0. The molecule has 6 nitrogen and oxygen atoms in total. The third-order valence-electron chi connectivity index (χ3n) is 4.92. The van der Waals surface area contributed by atoms with Crippen LogP contribution in [0.25, 0.3) is 10.9 Å². The molecule has 9 heteroatoms. The van der Waals surface area contributed by atoms with Crippen LogP contribution in [0.5, 0.6) is 0 Å². The van der Waals surface area contributed by atoms with E-state index in [0.29, 0.717) is 12.8 Å². The number of aromatic carboxylic acids is 1. The summed E-state index contributed by atoms with van der Waals surface area (Å²) in [6, 6.07) is -0.271. The molecular formula is C17H15F3N2O4. The molecule has 26 heavy (non-hydrogen) atoms. The first-order valence-corrected chi connectivity index (χ1v) is 8.22. The molecule has 1 saturated heterocycles. The Morgan fingerprint density at radius 3 is 2.35 bits per heavy atom. The molecule has 2 fully saturated rings. The molecule has 4 rings (SSSR count). The van der Waals surface area contributed by atoms with Gasteiger partial charge >= 0.3 is 5.97 Å². The van der Waals surface area contributed by atoms with Crippen LogP contribution in [-0.4, -0.2) is 39.9 Å². The molecule has 1 unspecified atom stereocenters. The van der Waals surface area contributed by atoms with Gasteiger partial charge in [-0.25, -0.2) is 18.0 Å². The van der Waals surface area contributed by atoms with Gasteiger partial charge in [-0.05, 0) is 19.3 Å². The van der Waals surface area contributed by atoms with Crippen LogP contribution < -0.4 is 10.3 Å². The molecule has 2 heterocycles. The smallest absolute Gasteiger partial charge is 0.341 e. The van der Waals surface area contributed by atoms with E-state index in [1.807, 2.05) is 0 Å². The molecule has 1 atom stereocenters. The summed E-state index contributed by atoms with van der Waals surface area (Å²) in [7, 11) is 0. The van der Waals surface area contributed by atoms with Crippen molar-refractivity contribution in [3.8, 4) is 0 Å². The number of pyridine rings is 1. The van der Waals surface area contributed by atoms with Crippen molar-refractivity contribution >= 4 is 22.6 Å². The minimum Gasteiger partial charge on any atom is -0.477 e. The number of rotatable bonds is 3. The minimum absolute atomic E-state index is 0.0559. The number of aliphatic hydroxyl groups excluding tert-OH is 1. The second kappa shape index (κ2) is 5.73. The van der Waals surface area contributed by atoms with E-state index in [1.165, 1.54) is 9.47 Å². The zero-order valence-corrected chi connectivity index (χ0v) is 13.5. The van der Waals surface area contributed by atoms with Gasteiger partial charge in [0.1, 0.15) is 11.3 Å². The summed E-state index contributed by atoms with van der Waals surface area (Å²) in [6.45, 7) is 0.0838. The number of carbonyl (C=O) groups is 1. The lowest BCUT2D eigenvalue weighted by Gasteiger charge is -2.22. The number of β-amino-alcohol motifs (C(OH)–C–C–N with tert-alkyl or cyclic N) is 1. The molecule has 2 aromatic rings. The Morgan fingerprint density at radius 1 is 1.12 bits per heavy atom. The number of benzene rings is 1. The predicted molar refractivity (Wildman–Crippen MR) is 86.1 cm³/mol. The Kier molecular flexibility index (Phi) is 3.72. The Balaban J connectivity index is 2.09. The number of hydrogen-bond donors (Lipinski definition) is 2. The van der Waals surface area contributed by atoms with Crippen LogP contribution in [0.1, 0.15) is 35.7 Å². The largest absolute Gasteiger partial charge is 0.477 e. The maximum Gasteiger partial charge on any atom is 0.341 e. The van der Waals surface area contributed by atoms with Crippen molar-refractivity contribution in [3.05, 3.63) is 39.4 Å². The van der Waals surface area contributed by atoms with Gasteiger partial charge in [-0.3, -0.25) is 4.79 Å². The molecule has 138 valence electrons. The second-order valence-electron chi connectivity index (χ2n) is 6.72. The average Bonchev–Trinajstić information content (AvgIpc) is 3.34. The number of aromatic nitrogens is 1. The van der Waals surface area contributed by atoms with Crippen molar-refractivity contribution < 1.29 is 28.2 Å². The van der Waals surface area contributed by atoms with Crippen molar-refractivity contribution in [1.82, 2.24) is 4.57 Å². The van der Waals surface area contributed by atoms with Gasteiger partial charge < -0.3 is 19.7 Å². The highest BCUT2D eigenvalue weighted by Gasteiger charge is 2.35. The standard InChI is InChI=1S/C17H15F3N2O4/c18-11-10-14(13(20)15(12(11)19)21-4-3-8(23)5-21)22(7-1-2-7)6-9(16(10)24)17(25)26/h6-8,23H,1-5H2,(H,25,26). The monoisotopic (exact) mass is 368 g/mol. The lowest BCUT2D eigenvalue weighted by Crippen LogP contribution is -2.26. The van der Waals surface area contributed by atoms with E-state index >= 15 is 4.39 Å². The molecule has 1 aliphatic heterocycles. The molecule has 0 bridgehead atoms. The lowest BCUT2D eigenvalue weighted by atomic mass is 10.1. The number of carboxylic acids is 1. The van der Waals surface area contributed by atoms with Crippen LogP contribution in [0.2, 0.25) is 0 Å². The van der Waals surface area contributed by atoms with Gasteiger partial charge in [0.05, 0.1) is 17.0 Å². The quantitative estimate of drug-likeness (QED) is 0.810. The van der Waals surface area contributed by atoms with Gasteiger partial charge in [-0.2, -0.15) is 0 Å². The summed E-state index contributed by atoms with van der Waals surface area (Å²) in [5, 5.41) is 17.9. The molecule has 1 aromatic heterocycles. The molecule has 0 amide bonds. The van der Waals surface area contributed by atoms with Gasteiger partial charge in [-0.15, -0.1) is 0 Å². The first-order chi connectivity index (χ1) is 12.3. The summed E-state index contributed by atoms with van der Waals surface area (Å²) < 4.78 is 45.7. The van der Waals surface area contributed by atoms with Crippen LogP contribution in [0, 0.1) is 17.5 Å². The Bertz CT molecular complexity index is 1000. The topological polar surface area (TPSA) is 82.8 Å². The van der Waals surface area contributed by atoms with E-state index in [9.17, 15) is 28.6 Å². The van der Waals surface area contributed by atoms with Crippen molar-refractivity contribution in [2.24, 2.45) is 0 Å². The Labute approximate surface area is 145 Å². The van der Waals surface area contributed by atoms with Crippen LogP contribution in [0.15, 0.2) is 11.0 Å². The van der Waals surface area contributed by atoms with Gasteiger partial charge in [0, 0.05) is 25.3 Å². The van der Waals surface area contributed by atoms with Gasteiger partial charge in [0.15, 0.2) is 17.5 Å². The van der Waals surface area contributed by atoms with E-state index in [1.54, 1.807) is 0 Å². The normalized spacial score (nSPS) is 20.2. The van der Waals surface area contributed by atoms with Crippen molar-refractivity contribution in [2.75, 3.05) is 18.0 Å². The lowest BCUT2D eigenvalue weighted by molar-refractivity contribution is 0.0694. The van der Waals surface area contributed by atoms with Gasteiger partial charge in [-0.1, -0.05) is 0 Å². The fourth-order valence-electron chi connectivity index (χ4n) is 3.50. The molecule has 0 spiro atoms. The summed E-state index contributed by atoms with van der Waals surface area (Å²) in [4.78, 5) is 24.8. The fourth-order valence-corrected chi connectivity index (χ4v) is 3.50. The molecule has 1 aliphatic carbocycles. The Hall–Kier alpha value is -2.55. The second-order valence-corrected chi connectivity index (χ2v) is 6.72. The number of nitrogens with zero attached hydrogens (tertiary/aromatic N) is 2. The summed E-state index contributed by atoms with van der Waals surface area (Å²) in [5.74, 6) is -5.82. The number of fused-ring (bicyclic) bond motifs is 1. The van der Waals surface area contributed by atoms with E-state index in [2.05, 4.69) is 0 Å². The van der Waals surface area contributed by atoms with E-state index in [0.717, 1.165) is 6.20 Å². The van der Waals surface area contributed by atoms with Crippen molar-refractivity contribution in [2.45, 2.75) is 31.4 Å². The zero-order chi connectivity index (χ0) is 18.7. The van der Waals surface area contributed by atoms with E-state index < -0.39 is 57.1 Å². The maximum absolute atomic E-state index is 15.2. The van der Waals surface area contributed by atoms with Crippen LogP contribution >= 0.6 is 0 Å². The molecule has 1 aromatic carbocycles.